The third-order valence-electron chi connectivity index (χ3n) is 3.33. The number of hydrogen-bond acceptors (Lipinski definition) is 4. The van der Waals surface area contributed by atoms with E-state index in [0.29, 0.717) is 37.1 Å². The van der Waals surface area contributed by atoms with Gasteiger partial charge in [0.2, 0.25) is 5.88 Å². The first-order valence-electron chi connectivity index (χ1n) is 9.04. The van der Waals surface area contributed by atoms with E-state index in [4.69, 9.17) is 4.74 Å². The van der Waals surface area contributed by atoms with E-state index in [1.807, 2.05) is 6.92 Å². The molecule has 27 heavy (non-hydrogen) atoms. The Bertz CT molecular complexity index is 566. The zero-order valence-corrected chi connectivity index (χ0v) is 16.1. The zero-order chi connectivity index (χ0) is 20.1. The molecule has 1 rings (SSSR count). The Morgan fingerprint density at radius 1 is 1.26 bits per heavy atom. The Morgan fingerprint density at radius 2 is 2.04 bits per heavy atom. The third-order valence-corrected chi connectivity index (χ3v) is 3.33. The number of hydrogen-bond donors (Lipinski definition) is 2. The summed E-state index contributed by atoms with van der Waals surface area (Å²) in [5.41, 5.74) is 0.701. The largest absolute Gasteiger partial charge is 0.468 e. The molecule has 2 N–H and O–H groups in total. The zero-order valence-electron chi connectivity index (χ0n) is 16.1. The van der Waals surface area contributed by atoms with Gasteiger partial charge in [-0.1, -0.05) is 13.8 Å². The second kappa shape index (κ2) is 12.4. The summed E-state index contributed by atoms with van der Waals surface area (Å²) >= 11 is 0. The van der Waals surface area contributed by atoms with Gasteiger partial charge in [0.15, 0.2) is 12.6 Å². The molecule has 0 bridgehead atoms. The van der Waals surface area contributed by atoms with Gasteiger partial charge in [-0.25, -0.2) is 9.98 Å². The van der Waals surface area contributed by atoms with Crippen molar-refractivity contribution in [1.29, 1.82) is 0 Å². The van der Waals surface area contributed by atoms with Crippen molar-refractivity contribution in [2.24, 2.45) is 10.9 Å². The van der Waals surface area contributed by atoms with Crippen LogP contribution in [-0.2, 0) is 11.3 Å². The number of nitrogens with zero attached hydrogens (tertiary/aromatic N) is 2. The summed E-state index contributed by atoms with van der Waals surface area (Å²) in [7, 11) is 0. The SMILES string of the molecule is CCNC(=NCc1ccnc(OCC(F)(F)F)c1)NCCOCCC(C)C. The van der Waals surface area contributed by atoms with E-state index in [9.17, 15) is 13.2 Å². The maximum atomic E-state index is 12.2. The number of aromatic nitrogens is 1. The Hall–Kier alpha value is -2.03. The number of alkyl halides is 3. The molecule has 1 aromatic rings. The minimum Gasteiger partial charge on any atom is -0.468 e. The third kappa shape index (κ3) is 12.1. The molecule has 9 heteroatoms. The van der Waals surface area contributed by atoms with Crippen LogP contribution in [0.3, 0.4) is 0 Å². The van der Waals surface area contributed by atoms with Gasteiger partial charge in [-0.2, -0.15) is 13.2 Å². The second-order valence-corrected chi connectivity index (χ2v) is 6.32. The molecule has 0 aromatic carbocycles. The lowest BCUT2D eigenvalue weighted by molar-refractivity contribution is -0.154. The first-order chi connectivity index (χ1) is 12.8. The summed E-state index contributed by atoms with van der Waals surface area (Å²) in [6.07, 6.45) is -1.97. The molecule has 1 heterocycles. The van der Waals surface area contributed by atoms with E-state index in [1.54, 1.807) is 6.07 Å². The van der Waals surface area contributed by atoms with Crippen molar-refractivity contribution in [2.75, 3.05) is 32.9 Å². The summed E-state index contributed by atoms with van der Waals surface area (Å²) in [5, 5.41) is 6.27. The van der Waals surface area contributed by atoms with Gasteiger partial charge in [-0.15, -0.1) is 0 Å². The van der Waals surface area contributed by atoms with Crippen LogP contribution < -0.4 is 15.4 Å². The van der Waals surface area contributed by atoms with Crippen LogP contribution in [-0.4, -0.2) is 50.0 Å². The van der Waals surface area contributed by atoms with Gasteiger partial charge >= 0.3 is 6.18 Å². The monoisotopic (exact) mass is 390 g/mol. The molecule has 0 amide bonds. The normalized spacial score (nSPS) is 12.3. The summed E-state index contributed by atoms with van der Waals surface area (Å²) in [4.78, 5) is 8.19. The van der Waals surface area contributed by atoms with Crippen molar-refractivity contribution in [2.45, 2.75) is 39.9 Å². The minimum absolute atomic E-state index is 0.0727. The van der Waals surface area contributed by atoms with Crippen LogP contribution in [0.5, 0.6) is 5.88 Å². The fourth-order valence-electron chi connectivity index (χ4n) is 1.96. The molecule has 154 valence electrons. The van der Waals surface area contributed by atoms with Crippen LogP contribution in [0.1, 0.15) is 32.8 Å². The lowest BCUT2D eigenvalue weighted by atomic mass is 10.1. The molecule has 0 aliphatic rings. The lowest BCUT2D eigenvalue weighted by Crippen LogP contribution is -2.39. The molecule has 0 radical (unpaired) electrons. The van der Waals surface area contributed by atoms with E-state index in [1.165, 1.54) is 12.3 Å². The maximum Gasteiger partial charge on any atom is 0.422 e. The smallest absolute Gasteiger partial charge is 0.422 e. The van der Waals surface area contributed by atoms with Crippen molar-refractivity contribution in [3.8, 4) is 5.88 Å². The molecular formula is C18H29F3N4O2. The average molecular weight is 390 g/mol. The van der Waals surface area contributed by atoms with E-state index in [-0.39, 0.29) is 12.4 Å². The maximum absolute atomic E-state index is 12.2. The topological polar surface area (TPSA) is 67.8 Å². The summed E-state index contributed by atoms with van der Waals surface area (Å²) in [6, 6.07) is 3.14. The minimum atomic E-state index is -4.39. The number of ether oxygens (including phenoxy) is 2. The molecule has 0 saturated carbocycles. The Balaban J connectivity index is 2.47. The van der Waals surface area contributed by atoms with Crippen molar-refractivity contribution in [1.82, 2.24) is 15.6 Å². The molecule has 0 aliphatic carbocycles. The molecule has 0 spiro atoms. The van der Waals surface area contributed by atoms with Crippen LogP contribution in [0.25, 0.3) is 0 Å². The van der Waals surface area contributed by atoms with Crippen molar-refractivity contribution in [3.63, 3.8) is 0 Å². The molecular weight excluding hydrogens is 361 g/mol. The highest BCUT2D eigenvalue weighted by atomic mass is 19.4. The Labute approximate surface area is 158 Å². The van der Waals surface area contributed by atoms with Gasteiger partial charge in [-0.05, 0) is 30.9 Å². The quantitative estimate of drug-likeness (QED) is 0.345. The van der Waals surface area contributed by atoms with Crippen molar-refractivity contribution < 1.29 is 22.6 Å². The highest BCUT2D eigenvalue weighted by molar-refractivity contribution is 5.79. The summed E-state index contributed by atoms with van der Waals surface area (Å²) in [6.45, 7) is 7.77. The number of nitrogens with one attached hydrogen (secondary N) is 2. The first kappa shape index (κ1) is 23.0. The van der Waals surface area contributed by atoms with Gasteiger partial charge in [0.1, 0.15) is 0 Å². The first-order valence-corrected chi connectivity index (χ1v) is 9.04. The fourth-order valence-corrected chi connectivity index (χ4v) is 1.96. The number of pyridine rings is 1. The highest BCUT2D eigenvalue weighted by Crippen LogP contribution is 2.17. The molecule has 0 atom stereocenters. The van der Waals surface area contributed by atoms with Crippen molar-refractivity contribution >= 4 is 5.96 Å². The van der Waals surface area contributed by atoms with Gasteiger partial charge < -0.3 is 20.1 Å². The number of guanidine groups is 1. The van der Waals surface area contributed by atoms with Gasteiger partial charge in [-0.3, -0.25) is 0 Å². The average Bonchev–Trinajstić information content (AvgIpc) is 2.60. The lowest BCUT2D eigenvalue weighted by Gasteiger charge is -2.12. The molecule has 0 unspecified atom stereocenters. The predicted molar refractivity (Wildman–Crippen MR) is 98.9 cm³/mol. The fraction of sp³-hybridized carbons (Fsp3) is 0.667. The van der Waals surface area contributed by atoms with Gasteiger partial charge in [0, 0.05) is 32.0 Å². The molecule has 0 saturated heterocycles. The van der Waals surface area contributed by atoms with Crippen LogP contribution >= 0.6 is 0 Å². The van der Waals surface area contributed by atoms with Gasteiger partial charge in [0.25, 0.3) is 0 Å². The molecule has 0 aliphatic heterocycles. The predicted octanol–water partition coefficient (Wildman–Crippen LogP) is 3.14. The Morgan fingerprint density at radius 3 is 2.70 bits per heavy atom. The van der Waals surface area contributed by atoms with Gasteiger partial charge in [0.05, 0.1) is 13.2 Å². The molecule has 0 fully saturated rings. The van der Waals surface area contributed by atoms with E-state index in [2.05, 4.69) is 39.2 Å². The number of aliphatic imine (C=N–C) groups is 1. The van der Waals surface area contributed by atoms with Crippen LogP contribution in [0.15, 0.2) is 23.3 Å². The van der Waals surface area contributed by atoms with E-state index in [0.717, 1.165) is 13.0 Å². The van der Waals surface area contributed by atoms with E-state index >= 15 is 0 Å². The Kier molecular flexibility index (Phi) is 10.5. The summed E-state index contributed by atoms with van der Waals surface area (Å²) < 4.78 is 46.8. The van der Waals surface area contributed by atoms with Crippen LogP contribution in [0.2, 0.25) is 0 Å². The molecule has 1 aromatic heterocycles. The number of halogens is 3. The number of rotatable bonds is 11. The van der Waals surface area contributed by atoms with Crippen molar-refractivity contribution in [3.05, 3.63) is 23.9 Å². The van der Waals surface area contributed by atoms with E-state index < -0.39 is 12.8 Å². The van der Waals surface area contributed by atoms with Crippen LogP contribution in [0.4, 0.5) is 13.2 Å². The highest BCUT2D eigenvalue weighted by Gasteiger charge is 2.28. The summed E-state index contributed by atoms with van der Waals surface area (Å²) in [5.74, 6) is 1.15. The standard InChI is InChI=1S/C18H29F3N4O2/c1-4-22-17(24-8-10-26-9-6-14(2)3)25-12-15-5-7-23-16(11-15)27-13-18(19,20)21/h5,7,11,14H,4,6,8-10,12-13H2,1-3H3,(H2,22,24,25). The van der Waals surface area contributed by atoms with Crippen LogP contribution in [0, 0.1) is 5.92 Å². The second-order valence-electron chi connectivity index (χ2n) is 6.32. The molecule has 6 nitrogen and oxygen atoms in total.